The third kappa shape index (κ3) is 1.61. The highest BCUT2D eigenvalue weighted by Crippen LogP contribution is 2.28. The number of nitrogens with one attached hydrogen (secondary N) is 1. The number of carbonyl (C=O) groups excluding carboxylic acids is 1. The number of fused-ring (bicyclic) bond motifs is 1. The number of carbonyl (C=O) groups is 1. The van der Waals surface area contributed by atoms with Crippen LogP contribution in [-0.2, 0) is 0 Å². The van der Waals surface area contributed by atoms with E-state index < -0.39 is 0 Å². The molecule has 3 heteroatoms. The molecule has 0 aliphatic rings. The molecule has 0 amide bonds. The van der Waals surface area contributed by atoms with Crippen molar-refractivity contribution in [3.05, 3.63) is 30.0 Å². The Bertz CT molecular complexity index is 499. The first-order valence-corrected chi connectivity index (χ1v) is 4.98. The lowest BCUT2D eigenvalue weighted by Gasteiger charge is -2.05. The van der Waals surface area contributed by atoms with Crippen LogP contribution in [0.1, 0.15) is 24.2 Å². The minimum Gasteiger partial charge on any atom is -0.493 e. The predicted molar refractivity (Wildman–Crippen MR) is 59.5 cm³/mol. The number of benzene rings is 1. The summed E-state index contributed by atoms with van der Waals surface area (Å²) in [6.07, 6.45) is 1.73. The van der Waals surface area contributed by atoms with E-state index in [0.717, 1.165) is 16.7 Å². The van der Waals surface area contributed by atoms with Crippen LogP contribution in [0, 0.1) is 0 Å². The molecule has 0 spiro atoms. The van der Waals surface area contributed by atoms with Gasteiger partial charge < -0.3 is 9.72 Å². The summed E-state index contributed by atoms with van der Waals surface area (Å²) in [5, 5.41) is 0.881. The van der Waals surface area contributed by atoms with E-state index in [1.807, 2.05) is 25.1 Å². The van der Waals surface area contributed by atoms with Gasteiger partial charge in [-0.25, -0.2) is 0 Å². The zero-order chi connectivity index (χ0) is 10.8. The van der Waals surface area contributed by atoms with Crippen molar-refractivity contribution in [2.75, 3.05) is 6.61 Å². The van der Waals surface area contributed by atoms with Crippen molar-refractivity contribution in [3.8, 4) is 5.75 Å². The van der Waals surface area contributed by atoms with Crippen LogP contribution in [0.5, 0.6) is 5.75 Å². The normalized spacial score (nSPS) is 10.5. The Labute approximate surface area is 88.1 Å². The third-order valence-electron chi connectivity index (χ3n) is 2.35. The number of hydrogen-bond acceptors (Lipinski definition) is 2. The molecular formula is C12H13NO2. The highest BCUT2D eigenvalue weighted by atomic mass is 16.5. The fourth-order valence-electron chi connectivity index (χ4n) is 1.70. The number of aromatic amines is 1. The monoisotopic (exact) mass is 203 g/mol. The van der Waals surface area contributed by atoms with Crippen molar-refractivity contribution in [2.45, 2.75) is 13.8 Å². The molecule has 1 aromatic carbocycles. The van der Waals surface area contributed by atoms with E-state index in [1.165, 1.54) is 0 Å². The van der Waals surface area contributed by atoms with Crippen molar-refractivity contribution in [1.82, 2.24) is 4.98 Å². The summed E-state index contributed by atoms with van der Waals surface area (Å²) in [6, 6.07) is 5.73. The minimum absolute atomic E-state index is 0.0494. The topological polar surface area (TPSA) is 42.1 Å². The molecule has 1 N–H and O–H groups in total. The van der Waals surface area contributed by atoms with Crippen molar-refractivity contribution in [3.63, 3.8) is 0 Å². The van der Waals surface area contributed by atoms with Gasteiger partial charge in [-0.3, -0.25) is 4.79 Å². The van der Waals surface area contributed by atoms with Crippen LogP contribution in [0.15, 0.2) is 24.4 Å². The first-order chi connectivity index (χ1) is 7.24. The summed E-state index contributed by atoms with van der Waals surface area (Å²) in [4.78, 5) is 14.5. The van der Waals surface area contributed by atoms with Gasteiger partial charge in [0.05, 0.1) is 12.0 Å². The van der Waals surface area contributed by atoms with Crippen LogP contribution >= 0.6 is 0 Å². The van der Waals surface area contributed by atoms with E-state index in [9.17, 15) is 4.79 Å². The maximum absolute atomic E-state index is 11.4. The van der Waals surface area contributed by atoms with Crippen molar-refractivity contribution in [1.29, 1.82) is 0 Å². The minimum atomic E-state index is 0.0494. The fourth-order valence-corrected chi connectivity index (χ4v) is 1.70. The SMILES string of the molecule is CCOc1cccc2[nH]cc(C(C)=O)c12. The van der Waals surface area contributed by atoms with Crippen LogP contribution in [0.2, 0.25) is 0 Å². The Morgan fingerprint density at radius 2 is 2.27 bits per heavy atom. The van der Waals surface area contributed by atoms with Crippen LogP contribution in [0.4, 0.5) is 0 Å². The average molecular weight is 203 g/mol. The molecule has 3 nitrogen and oxygen atoms in total. The van der Waals surface area contributed by atoms with Gasteiger partial charge in [0.2, 0.25) is 0 Å². The van der Waals surface area contributed by atoms with E-state index in [1.54, 1.807) is 13.1 Å². The lowest BCUT2D eigenvalue weighted by atomic mass is 10.1. The largest absolute Gasteiger partial charge is 0.493 e. The van der Waals surface area contributed by atoms with Crippen molar-refractivity contribution >= 4 is 16.7 Å². The Morgan fingerprint density at radius 1 is 1.47 bits per heavy atom. The van der Waals surface area contributed by atoms with E-state index in [2.05, 4.69) is 4.98 Å². The van der Waals surface area contributed by atoms with Crippen LogP contribution in [0.3, 0.4) is 0 Å². The number of rotatable bonds is 3. The molecule has 0 bridgehead atoms. The second kappa shape index (κ2) is 3.77. The molecule has 0 aliphatic carbocycles. The summed E-state index contributed by atoms with van der Waals surface area (Å²) in [6.45, 7) is 4.09. The van der Waals surface area contributed by atoms with Crippen LogP contribution in [-0.4, -0.2) is 17.4 Å². The number of aromatic nitrogens is 1. The average Bonchev–Trinajstić information content (AvgIpc) is 2.62. The summed E-state index contributed by atoms with van der Waals surface area (Å²) in [5.74, 6) is 0.815. The molecule has 15 heavy (non-hydrogen) atoms. The molecule has 78 valence electrons. The molecular weight excluding hydrogens is 190 g/mol. The van der Waals surface area contributed by atoms with E-state index in [4.69, 9.17) is 4.74 Å². The number of hydrogen-bond donors (Lipinski definition) is 1. The Morgan fingerprint density at radius 3 is 2.93 bits per heavy atom. The highest BCUT2D eigenvalue weighted by Gasteiger charge is 2.11. The van der Waals surface area contributed by atoms with Gasteiger partial charge in [-0.05, 0) is 26.0 Å². The smallest absolute Gasteiger partial charge is 0.162 e. The van der Waals surface area contributed by atoms with Gasteiger partial charge in [0.25, 0.3) is 0 Å². The number of ether oxygens (including phenoxy) is 1. The lowest BCUT2D eigenvalue weighted by Crippen LogP contribution is -1.95. The second-order valence-corrected chi connectivity index (χ2v) is 3.37. The number of H-pyrrole nitrogens is 1. The molecule has 0 saturated carbocycles. The molecule has 0 radical (unpaired) electrons. The number of Topliss-reactive ketones (excluding diaryl/α,β-unsaturated/α-hetero) is 1. The standard InChI is InChI=1S/C12H13NO2/c1-3-15-11-6-4-5-10-12(11)9(7-13-10)8(2)14/h4-7,13H,3H2,1-2H3. The van der Waals surface area contributed by atoms with Crippen LogP contribution < -0.4 is 4.74 Å². The zero-order valence-electron chi connectivity index (χ0n) is 8.83. The molecule has 0 atom stereocenters. The first kappa shape index (κ1) is 9.77. The first-order valence-electron chi connectivity index (χ1n) is 4.98. The molecule has 2 rings (SSSR count). The van der Waals surface area contributed by atoms with Gasteiger partial charge in [-0.1, -0.05) is 6.07 Å². The third-order valence-corrected chi connectivity index (χ3v) is 2.35. The Hall–Kier alpha value is -1.77. The predicted octanol–water partition coefficient (Wildman–Crippen LogP) is 2.77. The molecule has 0 saturated heterocycles. The van der Waals surface area contributed by atoms with E-state index >= 15 is 0 Å². The van der Waals surface area contributed by atoms with Crippen molar-refractivity contribution in [2.24, 2.45) is 0 Å². The number of ketones is 1. The molecule has 0 unspecified atom stereocenters. The van der Waals surface area contributed by atoms with Gasteiger partial charge in [0, 0.05) is 17.3 Å². The van der Waals surface area contributed by atoms with Crippen LogP contribution in [0.25, 0.3) is 10.9 Å². The van der Waals surface area contributed by atoms with E-state index in [-0.39, 0.29) is 5.78 Å². The van der Waals surface area contributed by atoms with E-state index in [0.29, 0.717) is 12.2 Å². The zero-order valence-corrected chi connectivity index (χ0v) is 8.83. The quantitative estimate of drug-likeness (QED) is 0.779. The molecule has 0 fully saturated rings. The summed E-state index contributed by atoms with van der Waals surface area (Å²) in [5.41, 5.74) is 1.63. The molecule has 1 heterocycles. The second-order valence-electron chi connectivity index (χ2n) is 3.37. The summed E-state index contributed by atoms with van der Waals surface area (Å²) >= 11 is 0. The Balaban J connectivity index is 2.69. The Kier molecular flexibility index (Phi) is 2.46. The van der Waals surface area contributed by atoms with Crippen molar-refractivity contribution < 1.29 is 9.53 Å². The van der Waals surface area contributed by atoms with Gasteiger partial charge in [0.15, 0.2) is 5.78 Å². The summed E-state index contributed by atoms with van der Waals surface area (Å²) < 4.78 is 5.50. The van der Waals surface area contributed by atoms with Gasteiger partial charge in [0.1, 0.15) is 5.75 Å². The maximum Gasteiger partial charge on any atom is 0.162 e. The van der Waals surface area contributed by atoms with Gasteiger partial charge >= 0.3 is 0 Å². The summed E-state index contributed by atoms with van der Waals surface area (Å²) in [7, 11) is 0. The molecule has 0 aliphatic heterocycles. The lowest BCUT2D eigenvalue weighted by molar-refractivity contribution is 0.101. The molecule has 2 aromatic rings. The van der Waals surface area contributed by atoms with Gasteiger partial charge in [-0.2, -0.15) is 0 Å². The van der Waals surface area contributed by atoms with Gasteiger partial charge in [-0.15, -0.1) is 0 Å². The highest BCUT2D eigenvalue weighted by molar-refractivity contribution is 6.08. The maximum atomic E-state index is 11.4. The molecule has 1 aromatic heterocycles. The fraction of sp³-hybridized carbons (Fsp3) is 0.250.